The first-order valence-corrected chi connectivity index (χ1v) is 26.8. The average Bonchev–Trinajstić information content (AvgIpc) is 3.70. The quantitative estimate of drug-likeness (QED) is 0.173. The van der Waals surface area contributed by atoms with Crippen LogP contribution < -0.4 is 21.0 Å². The van der Waals surface area contributed by atoms with Gasteiger partial charge in [0.25, 0.3) is 0 Å². The minimum absolute atomic E-state index is 0. The number of hydrogen-bond acceptors (Lipinski definition) is 2. The van der Waals surface area contributed by atoms with Crippen LogP contribution in [-0.4, -0.2) is 47.5 Å². The van der Waals surface area contributed by atoms with Gasteiger partial charge in [-0.05, 0) is 111 Å². The molecular weight excluding hydrogens is 658 g/mol. The van der Waals surface area contributed by atoms with Crippen LogP contribution in [0.3, 0.4) is 0 Å². The molecule has 2 nitrogen and oxygen atoms in total. The van der Waals surface area contributed by atoms with Gasteiger partial charge in [0, 0.05) is 20.2 Å². The van der Waals surface area contributed by atoms with Crippen molar-refractivity contribution in [3.63, 3.8) is 0 Å². The number of rotatable bonds is 7. The van der Waals surface area contributed by atoms with Crippen LogP contribution in [0.15, 0.2) is 36.4 Å². The van der Waals surface area contributed by atoms with Gasteiger partial charge >= 0.3 is 17.1 Å². The number of piperidine rings is 2. The second kappa shape index (κ2) is 14.3. The molecule has 45 heavy (non-hydrogen) atoms. The third-order valence-electron chi connectivity index (χ3n) is 12.7. The SMILES string of the molecule is C[Si](C)(C)c1cc(C(P)(C2CCCCN2)C2CCCCN2)c(C23CC4CC(CC(C4)C2CP)C3)[c-]1[Si](C)(C)C.[Fe+2].c1cc[cH-]c1. The summed E-state index contributed by atoms with van der Waals surface area (Å²) in [4.78, 5) is 0. The summed E-state index contributed by atoms with van der Waals surface area (Å²) < 4.78 is 0. The van der Waals surface area contributed by atoms with E-state index < -0.39 is 16.1 Å². The summed E-state index contributed by atoms with van der Waals surface area (Å²) in [7, 11) is 3.77. The molecule has 2 saturated heterocycles. The monoisotopic (exact) mass is 722 g/mol. The Morgan fingerprint density at radius 2 is 1.44 bits per heavy atom. The smallest absolute Gasteiger partial charge is 0.314 e. The molecular formula is C38H64FeN2P2Si2. The van der Waals surface area contributed by atoms with Crippen LogP contribution in [0, 0.1) is 23.7 Å². The molecule has 252 valence electrons. The minimum atomic E-state index is -1.61. The molecule has 0 amide bonds. The largest absolute Gasteiger partial charge is 2.00 e. The first kappa shape index (κ1) is 36.7. The molecule has 2 heterocycles. The van der Waals surface area contributed by atoms with Gasteiger partial charge < -0.3 is 10.6 Å². The average molecular weight is 723 g/mol. The Morgan fingerprint density at radius 3 is 1.84 bits per heavy atom. The van der Waals surface area contributed by atoms with E-state index in [-0.39, 0.29) is 22.2 Å². The van der Waals surface area contributed by atoms with E-state index in [1.165, 1.54) is 89.9 Å². The molecule has 2 aromatic carbocycles. The molecule has 2 aliphatic heterocycles. The zero-order chi connectivity index (χ0) is 31.3. The van der Waals surface area contributed by atoms with Crippen LogP contribution in [0.4, 0.5) is 0 Å². The molecule has 4 aliphatic carbocycles. The maximum Gasteiger partial charge on any atom is 2.00 e. The molecule has 4 saturated carbocycles. The van der Waals surface area contributed by atoms with Crippen molar-refractivity contribution < 1.29 is 17.1 Å². The van der Waals surface area contributed by atoms with Gasteiger partial charge in [0.05, 0.1) is 8.07 Å². The molecule has 2 aromatic rings. The van der Waals surface area contributed by atoms with Crippen molar-refractivity contribution in [3.8, 4) is 0 Å². The first-order valence-electron chi connectivity index (χ1n) is 18.4. The van der Waals surface area contributed by atoms with Gasteiger partial charge in [-0.2, -0.15) is 39.7 Å². The van der Waals surface area contributed by atoms with Crippen LogP contribution in [0.5, 0.6) is 0 Å². The van der Waals surface area contributed by atoms with Crippen LogP contribution >= 0.6 is 18.5 Å². The van der Waals surface area contributed by atoms with E-state index in [1.54, 1.807) is 0 Å². The van der Waals surface area contributed by atoms with E-state index in [0.29, 0.717) is 17.5 Å². The van der Waals surface area contributed by atoms with Crippen molar-refractivity contribution in [2.45, 2.75) is 133 Å². The summed E-state index contributed by atoms with van der Waals surface area (Å²) in [6.45, 7) is 18.4. The van der Waals surface area contributed by atoms with Gasteiger partial charge in [0.15, 0.2) is 0 Å². The molecule has 0 spiro atoms. The first-order chi connectivity index (χ1) is 20.9. The van der Waals surface area contributed by atoms with E-state index >= 15 is 0 Å². The Hall–Kier alpha value is 0.433. The van der Waals surface area contributed by atoms with Crippen molar-refractivity contribution >= 4 is 45.0 Å². The second-order valence-corrected chi connectivity index (χ2v) is 29.2. The molecule has 7 unspecified atom stereocenters. The summed E-state index contributed by atoms with van der Waals surface area (Å²) in [5, 5.41) is 12.2. The Morgan fingerprint density at radius 1 is 0.889 bits per heavy atom. The summed E-state index contributed by atoms with van der Waals surface area (Å²) in [5.41, 5.74) is 4.18. The van der Waals surface area contributed by atoms with Crippen molar-refractivity contribution in [2.75, 3.05) is 19.3 Å². The summed E-state index contributed by atoms with van der Waals surface area (Å²) in [6, 6.07) is 14.0. The predicted octanol–water partition coefficient (Wildman–Crippen LogP) is 7.82. The number of nitrogens with one attached hydrogen (secondary N) is 2. The van der Waals surface area contributed by atoms with Gasteiger partial charge in [0.1, 0.15) is 0 Å². The summed E-state index contributed by atoms with van der Waals surface area (Å²) >= 11 is 0. The fourth-order valence-corrected chi connectivity index (χ4v) is 18.5. The molecule has 4 bridgehead atoms. The van der Waals surface area contributed by atoms with Crippen molar-refractivity contribution in [1.29, 1.82) is 0 Å². The van der Waals surface area contributed by atoms with Crippen LogP contribution in [0.2, 0.25) is 39.3 Å². The molecule has 2 N–H and O–H groups in total. The summed E-state index contributed by atoms with van der Waals surface area (Å²) in [6.07, 6.45) is 16.9. The van der Waals surface area contributed by atoms with Crippen molar-refractivity contribution in [3.05, 3.63) is 47.5 Å². The Bertz CT molecular complexity index is 1180. The topological polar surface area (TPSA) is 24.1 Å². The van der Waals surface area contributed by atoms with Crippen LogP contribution in [0.25, 0.3) is 0 Å². The maximum absolute atomic E-state index is 4.15. The summed E-state index contributed by atoms with van der Waals surface area (Å²) in [5.74, 6) is 3.76. The van der Waals surface area contributed by atoms with E-state index in [9.17, 15) is 0 Å². The standard InChI is InChI=1S/C33H59N2P2Si2.C5H5.Fe/c1-38(2,3)27-18-25(33(37,28-11-7-9-13-34-28)29-12-8-10-14-35-29)30(31(27)39(4,5)6)32-19-22-15-23(20-32)17-24(16-22)26(32)21-36;1-2-4-5-3-1;/h18,22-24,26,28-29,34-35H,7-17,19-21,36-37H2,1-6H3;1-5H;/q2*-1;+2. The van der Waals surface area contributed by atoms with Crippen molar-refractivity contribution in [1.82, 2.24) is 10.6 Å². The molecule has 0 aromatic heterocycles. The Kier molecular flexibility index (Phi) is 11.7. The fraction of sp³-hybridized carbons (Fsp3) is 0.737. The van der Waals surface area contributed by atoms with Gasteiger partial charge in [-0.1, -0.05) is 52.1 Å². The Labute approximate surface area is 294 Å². The fourth-order valence-electron chi connectivity index (χ4n) is 11.2. The molecule has 6 fully saturated rings. The van der Waals surface area contributed by atoms with E-state index in [4.69, 9.17) is 0 Å². The van der Waals surface area contributed by atoms with Gasteiger partial charge in [0.2, 0.25) is 0 Å². The van der Waals surface area contributed by atoms with E-state index in [1.807, 2.05) is 51.8 Å². The minimum Gasteiger partial charge on any atom is -0.314 e. The maximum atomic E-state index is 4.15. The third-order valence-corrected chi connectivity index (χ3v) is 18.6. The number of hydrogen-bond donors (Lipinski definition) is 2. The molecule has 7 atom stereocenters. The molecule has 0 radical (unpaired) electrons. The predicted molar refractivity (Wildman–Crippen MR) is 206 cm³/mol. The third kappa shape index (κ3) is 6.93. The normalized spacial score (nSPS) is 34.4. The van der Waals surface area contributed by atoms with Gasteiger partial charge in [-0.25, -0.2) is 18.2 Å². The van der Waals surface area contributed by atoms with E-state index in [0.717, 1.165) is 23.7 Å². The van der Waals surface area contributed by atoms with Crippen LogP contribution in [-0.2, 0) is 27.6 Å². The van der Waals surface area contributed by atoms with Gasteiger partial charge in [-0.15, -0.1) is 18.5 Å². The van der Waals surface area contributed by atoms with Crippen molar-refractivity contribution in [2.24, 2.45) is 23.7 Å². The van der Waals surface area contributed by atoms with Gasteiger partial charge in [-0.3, -0.25) is 0 Å². The second-order valence-electron chi connectivity index (χ2n) is 17.7. The zero-order valence-electron chi connectivity index (χ0n) is 29.3. The zero-order valence-corrected chi connectivity index (χ0v) is 34.7. The van der Waals surface area contributed by atoms with E-state index in [2.05, 4.69) is 74.5 Å². The Balaban J connectivity index is 0.000000609. The molecule has 8 rings (SSSR count). The van der Waals surface area contributed by atoms with Crippen LogP contribution in [0.1, 0.15) is 81.8 Å². The molecule has 6 aliphatic rings. The molecule has 7 heteroatoms.